The molecule has 0 bridgehead atoms. The predicted octanol–water partition coefficient (Wildman–Crippen LogP) is 3.57. The minimum atomic E-state index is 0.166. The third-order valence-electron chi connectivity index (χ3n) is 5.82. The molecule has 1 fully saturated rings. The Morgan fingerprint density at radius 1 is 1.03 bits per heavy atom. The molecule has 6 heteroatoms. The van der Waals surface area contributed by atoms with Crippen LogP contribution in [0.3, 0.4) is 0 Å². The molecule has 0 spiro atoms. The number of nitrogens with zero attached hydrogens (tertiary/aromatic N) is 3. The molecular weight excluding hydrogens is 390 g/mol. The van der Waals surface area contributed by atoms with Crippen molar-refractivity contribution in [3.8, 4) is 11.5 Å². The van der Waals surface area contributed by atoms with Crippen LogP contribution >= 0.6 is 0 Å². The van der Waals surface area contributed by atoms with E-state index in [1.165, 1.54) is 11.3 Å². The molecule has 0 aliphatic carbocycles. The van der Waals surface area contributed by atoms with E-state index in [1.807, 2.05) is 36.9 Å². The lowest BCUT2D eigenvalue weighted by atomic mass is 10.1. The summed E-state index contributed by atoms with van der Waals surface area (Å²) in [5, 5.41) is 0. The Balaban J connectivity index is 1.55. The van der Waals surface area contributed by atoms with E-state index in [0.717, 1.165) is 37.5 Å². The second-order valence-electron chi connectivity index (χ2n) is 7.88. The normalized spacial score (nSPS) is 14.4. The van der Waals surface area contributed by atoms with E-state index < -0.39 is 0 Å². The zero-order valence-electron chi connectivity index (χ0n) is 19.3. The van der Waals surface area contributed by atoms with Crippen LogP contribution in [0.4, 0.5) is 5.69 Å². The van der Waals surface area contributed by atoms with Crippen molar-refractivity contribution in [3.05, 3.63) is 53.6 Å². The van der Waals surface area contributed by atoms with Gasteiger partial charge in [-0.25, -0.2) is 0 Å². The molecule has 1 heterocycles. The number of methoxy groups -OCH3 is 1. The third kappa shape index (κ3) is 5.91. The highest BCUT2D eigenvalue weighted by Gasteiger charge is 2.22. The van der Waals surface area contributed by atoms with Crippen LogP contribution in [0.5, 0.6) is 11.5 Å². The number of hydrogen-bond acceptors (Lipinski definition) is 5. The number of rotatable bonds is 9. The van der Waals surface area contributed by atoms with Crippen LogP contribution in [0.1, 0.15) is 25.0 Å². The van der Waals surface area contributed by atoms with Crippen molar-refractivity contribution < 1.29 is 14.3 Å². The van der Waals surface area contributed by atoms with Crippen LogP contribution < -0.4 is 14.4 Å². The van der Waals surface area contributed by atoms with Crippen molar-refractivity contribution in [2.45, 2.75) is 27.3 Å². The van der Waals surface area contributed by atoms with Gasteiger partial charge in [0, 0.05) is 45.0 Å². The van der Waals surface area contributed by atoms with Crippen LogP contribution in [0.15, 0.2) is 42.5 Å². The average Bonchev–Trinajstić information content (AvgIpc) is 2.79. The van der Waals surface area contributed by atoms with Crippen LogP contribution in [0.2, 0.25) is 0 Å². The Bertz CT molecular complexity index is 863. The van der Waals surface area contributed by atoms with Gasteiger partial charge >= 0.3 is 0 Å². The summed E-state index contributed by atoms with van der Waals surface area (Å²) in [4.78, 5) is 19.6. The van der Waals surface area contributed by atoms with Crippen molar-refractivity contribution in [2.75, 3.05) is 57.9 Å². The summed E-state index contributed by atoms with van der Waals surface area (Å²) in [7, 11) is 1.64. The number of amides is 1. The Morgan fingerprint density at radius 2 is 1.77 bits per heavy atom. The lowest BCUT2D eigenvalue weighted by Gasteiger charge is -2.37. The van der Waals surface area contributed by atoms with Gasteiger partial charge in [0.05, 0.1) is 20.3 Å². The van der Waals surface area contributed by atoms with Gasteiger partial charge in [-0.05, 0) is 50.1 Å². The molecule has 0 N–H and O–H groups in total. The minimum absolute atomic E-state index is 0.166. The first-order valence-corrected chi connectivity index (χ1v) is 11.2. The zero-order valence-corrected chi connectivity index (χ0v) is 19.3. The molecule has 0 saturated carbocycles. The molecular formula is C25H35N3O3. The molecule has 1 aliphatic heterocycles. The molecule has 2 aromatic carbocycles. The highest BCUT2D eigenvalue weighted by atomic mass is 16.5. The van der Waals surface area contributed by atoms with Gasteiger partial charge in [-0.3, -0.25) is 9.69 Å². The van der Waals surface area contributed by atoms with Crippen LogP contribution in [0, 0.1) is 6.92 Å². The lowest BCUT2D eigenvalue weighted by Crippen LogP contribution is -2.50. The topological polar surface area (TPSA) is 45.2 Å². The SMILES string of the molecule is CCOc1ccc(CN(CC)C(=O)CN2CCN(c3ccccc3C)CC2)cc1OC. The van der Waals surface area contributed by atoms with Crippen LogP contribution in [0.25, 0.3) is 0 Å². The lowest BCUT2D eigenvalue weighted by molar-refractivity contribution is -0.132. The molecule has 0 atom stereocenters. The number of ether oxygens (including phenoxy) is 2. The first kappa shape index (κ1) is 22.9. The second-order valence-corrected chi connectivity index (χ2v) is 7.88. The first-order valence-electron chi connectivity index (χ1n) is 11.2. The summed E-state index contributed by atoms with van der Waals surface area (Å²) in [5.41, 5.74) is 3.64. The van der Waals surface area contributed by atoms with E-state index in [1.54, 1.807) is 7.11 Å². The number of piperazine rings is 1. The standard InChI is InChI=1S/C25H35N3O3/c1-5-27(18-21-11-12-23(31-6-2)24(17-21)30-4)25(29)19-26-13-15-28(16-14-26)22-10-8-7-9-20(22)3/h7-12,17H,5-6,13-16,18-19H2,1-4H3. The Morgan fingerprint density at radius 3 is 2.42 bits per heavy atom. The number of para-hydroxylation sites is 1. The predicted molar refractivity (Wildman–Crippen MR) is 125 cm³/mol. The van der Waals surface area contributed by atoms with Crippen molar-refractivity contribution in [3.63, 3.8) is 0 Å². The monoisotopic (exact) mass is 425 g/mol. The maximum absolute atomic E-state index is 13.0. The Hall–Kier alpha value is -2.73. The quantitative estimate of drug-likeness (QED) is 0.615. The second kappa shape index (κ2) is 11.0. The van der Waals surface area contributed by atoms with Gasteiger partial charge in [-0.15, -0.1) is 0 Å². The van der Waals surface area contributed by atoms with Crippen molar-refractivity contribution in [2.24, 2.45) is 0 Å². The fraction of sp³-hybridized carbons (Fsp3) is 0.480. The fourth-order valence-electron chi connectivity index (χ4n) is 4.04. The molecule has 0 aromatic heterocycles. The van der Waals surface area contributed by atoms with E-state index in [9.17, 15) is 4.79 Å². The smallest absolute Gasteiger partial charge is 0.237 e. The van der Waals surface area contributed by atoms with Crippen LogP contribution in [-0.2, 0) is 11.3 Å². The van der Waals surface area contributed by atoms with Gasteiger partial charge in [0.25, 0.3) is 0 Å². The van der Waals surface area contributed by atoms with E-state index in [4.69, 9.17) is 9.47 Å². The number of aryl methyl sites for hydroxylation is 1. The summed E-state index contributed by atoms with van der Waals surface area (Å²) < 4.78 is 11.0. The maximum Gasteiger partial charge on any atom is 0.237 e. The highest BCUT2D eigenvalue weighted by Crippen LogP contribution is 2.28. The Labute approximate surface area is 186 Å². The maximum atomic E-state index is 13.0. The Kier molecular flexibility index (Phi) is 8.18. The first-order chi connectivity index (χ1) is 15.0. The molecule has 0 unspecified atom stereocenters. The summed E-state index contributed by atoms with van der Waals surface area (Å²) >= 11 is 0. The van der Waals surface area contributed by atoms with E-state index in [-0.39, 0.29) is 5.91 Å². The van der Waals surface area contributed by atoms with Crippen LogP contribution in [-0.4, -0.2) is 68.7 Å². The largest absolute Gasteiger partial charge is 0.493 e. The molecule has 168 valence electrons. The summed E-state index contributed by atoms with van der Waals surface area (Å²) in [5.74, 6) is 1.60. The number of anilines is 1. The fourth-order valence-corrected chi connectivity index (χ4v) is 4.04. The summed E-state index contributed by atoms with van der Waals surface area (Å²) in [6, 6.07) is 14.4. The third-order valence-corrected chi connectivity index (χ3v) is 5.82. The van der Waals surface area contributed by atoms with Gasteiger partial charge < -0.3 is 19.3 Å². The van der Waals surface area contributed by atoms with Crippen molar-refractivity contribution in [1.29, 1.82) is 0 Å². The zero-order chi connectivity index (χ0) is 22.2. The van der Waals surface area contributed by atoms with Gasteiger partial charge in [-0.1, -0.05) is 24.3 Å². The molecule has 3 rings (SSSR count). The van der Waals surface area contributed by atoms with E-state index in [2.05, 4.69) is 41.0 Å². The van der Waals surface area contributed by atoms with E-state index >= 15 is 0 Å². The van der Waals surface area contributed by atoms with Gasteiger partial charge in [0.2, 0.25) is 5.91 Å². The number of carbonyl (C=O) groups excluding carboxylic acids is 1. The minimum Gasteiger partial charge on any atom is -0.493 e. The molecule has 1 saturated heterocycles. The number of carbonyl (C=O) groups is 1. The molecule has 1 aliphatic rings. The average molecular weight is 426 g/mol. The highest BCUT2D eigenvalue weighted by molar-refractivity contribution is 5.78. The van der Waals surface area contributed by atoms with Gasteiger partial charge in [0.15, 0.2) is 11.5 Å². The number of hydrogen-bond donors (Lipinski definition) is 0. The molecule has 2 aromatic rings. The van der Waals surface area contributed by atoms with Crippen molar-refractivity contribution in [1.82, 2.24) is 9.80 Å². The van der Waals surface area contributed by atoms with Gasteiger partial charge in [-0.2, -0.15) is 0 Å². The molecule has 31 heavy (non-hydrogen) atoms. The van der Waals surface area contributed by atoms with Crippen molar-refractivity contribution >= 4 is 11.6 Å². The molecule has 1 amide bonds. The summed E-state index contributed by atoms with van der Waals surface area (Å²) in [6.45, 7) is 12.1. The molecule has 6 nitrogen and oxygen atoms in total. The summed E-state index contributed by atoms with van der Waals surface area (Å²) in [6.07, 6.45) is 0. The van der Waals surface area contributed by atoms with Gasteiger partial charge in [0.1, 0.15) is 0 Å². The molecule has 0 radical (unpaired) electrons. The number of benzene rings is 2. The number of likely N-dealkylation sites (N-methyl/N-ethyl adjacent to an activating group) is 1. The van der Waals surface area contributed by atoms with E-state index in [0.29, 0.717) is 32.0 Å².